The number of rotatable bonds is 0. The van der Waals surface area contributed by atoms with Gasteiger partial charge in [-0.25, -0.2) is 0 Å². The van der Waals surface area contributed by atoms with Crippen molar-refractivity contribution in [3.63, 3.8) is 0 Å². The van der Waals surface area contributed by atoms with Crippen molar-refractivity contribution in [1.29, 1.82) is 0 Å². The third-order valence-electron chi connectivity index (χ3n) is 1.47. The molecule has 0 N–H and O–H groups in total. The second-order valence-corrected chi connectivity index (χ2v) is 8.19. The van der Waals surface area contributed by atoms with Crippen LogP contribution in [0.15, 0.2) is 5.38 Å². The minimum absolute atomic E-state index is 0.555. The first-order chi connectivity index (χ1) is 4.88. The molecule has 0 aliphatic carbocycles. The number of thiophene rings is 1. The predicted octanol–water partition coefficient (Wildman–Crippen LogP) is -0.490. The van der Waals surface area contributed by atoms with Gasteiger partial charge in [-0.2, -0.15) is 0 Å². The molecule has 1 aliphatic rings. The van der Waals surface area contributed by atoms with Gasteiger partial charge >= 0.3 is 76.3 Å². The molecule has 0 fully saturated rings. The van der Waals surface area contributed by atoms with E-state index in [1.165, 1.54) is 2.89 Å². The average molecular weight is 263 g/mol. The Kier molecular flexibility index (Phi) is 1.78. The van der Waals surface area contributed by atoms with Crippen LogP contribution in [0.4, 0.5) is 0 Å². The summed E-state index contributed by atoms with van der Waals surface area (Å²) in [6.07, 6.45) is 0. The Labute approximate surface area is 76.2 Å². The van der Waals surface area contributed by atoms with Crippen molar-refractivity contribution in [1.82, 2.24) is 0 Å². The molecule has 4 heteroatoms. The van der Waals surface area contributed by atoms with Crippen LogP contribution >= 0.6 is 11.3 Å². The van der Waals surface area contributed by atoms with E-state index in [2.05, 4.69) is 0 Å². The molecule has 54 valence electrons. The van der Waals surface area contributed by atoms with E-state index in [-0.39, 0.29) is 0 Å². The molecular weight excluding hydrogens is 255 g/mol. The summed E-state index contributed by atoms with van der Waals surface area (Å²) >= 11 is 2.32. The molecule has 10 heavy (non-hydrogen) atoms. The van der Waals surface area contributed by atoms with Gasteiger partial charge in [0.1, 0.15) is 0 Å². The van der Waals surface area contributed by atoms with E-state index in [1.54, 1.807) is 11.3 Å². The van der Waals surface area contributed by atoms with Gasteiger partial charge in [-0.1, -0.05) is 0 Å². The van der Waals surface area contributed by atoms with Gasteiger partial charge in [0.05, 0.1) is 0 Å². The van der Waals surface area contributed by atoms with Crippen LogP contribution in [0.1, 0.15) is 0 Å². The van der Waals surface area contributed by atoms with Crippen molar-refractivity contribution in [3.8, 4) is 11.5 Å². The van der Waals surface area contributed by atoms with Crippen LogP contribution in [-0.2, 0) is 0 Å². The third-order valence-corrected chi connectivity index (χ3v) is 5.66. The average Bonchev–Trinajstić information content (AvgIpc) is 2.34. The van der Waals surface area contributed by atoms with Crippen LogP contribution in [0.3, 0.4) is 0 Å². The van der Waals surface area contributed by atoms with E-state index in [1.807, 2.05) is 5.38 Å². The second-order valence-electron chi connectivity index (χ2n) is 2.18. The van der Waals surface area contributed by atoms with Crippen LogP contribution in [0.2, 0.25) is 0 Å². The maximum absolute atomic E-state index is 5.43. The Morgan fingerprint density at radius 2 is 2.20 bits per heavy atom. The first-order valence-corrected chi connectivity index (χ1v) is 6.95. The van der Waals surface area contributed by atoms with Gasteiger partial charge in [0.15, 0.2) is 0 Å². The summed E-state index contributed by atoms with van der Waals surface area (Å²) in [7, 11) is 0. The van der Waals surface area contributed by atoms with Crippen molar-refractivity contribution in [3.05, 3.63) is 5.38 Å². The Hall–Kier alpha value is 0.0987. The molecule has 0 aromatic carbocycles. The topological polar surface area (TPSA) is 18.5 Å². The second kappa shape index (κ2) is 2.62. The Bertz CT molecular complexity index is 246. The molecule has 0 unspecified atom stereocenters. The van der Waals surface area contributed by atoms with Gasteiger partial charge in [-0.15, -0.1) is 0 Å². The SMILES string of the molecule is [SnH3][c]1scc2c1OCCO2. The molecule has 2 nitrogen and oxygen atoms in total. The molecule has 2 heterocycles. The normalized spacial score (nSPS) is 15.6. The summed E-state index contributed by atoms with van der Waals surface area (Å²) < 4.78 is 12.2. The molecule has 1 aromatic heterocycles. The molecule has 0 saturated carbocycles. The summed E-state index contributed by atoms with van der Waals surface area (Å²) in [5.41, 5.74) is 0. The predicted molar refractivity (Wildman–Crippen MR) is 44.9 cm³/mol. The van der Waals surface area contributed by atoms with E-state index in [4.69, 9.17) is 9.47 Å². The molecule has 0 bridgehead atoms. The van der Waals surface area contributed by atoms with Gasteiger partial charge in [0.2, 0.25) is 0 Å². The summed E-state index contributed by atoms with van der Waals surface area (Å²) in [6, 6.07) is 0. The van der Waals surface area contributed by atoms with Gasteiger partial charge in [0.25, 0.3) is 0 Å². The quantitative estimate of drug-likeness (QED) is 0.588. The first-order valence-electron chi connectivity index (χ1n) is 3.21. The Morgan fingerprint density at radius 1 is 1.40 bits per heavy atom. The zero-order chi connectivity index (χ0) is 6.97. The summed E-state index contributed by atoms with van der Waals surface area (Å²) in [4.78, 5) is 0. The van der Waals surface area contributed by atoms with Gasteiger partial charge < -0.3 is 0 Å². The maximum atomic E-state index is 5.43. The van der Waals surface area contributed by atoms with Crippen LogP contribution in [0, 0.1) is 0 Å². The molecule has 0 atom stereocenters. The van der Waals surface area contributed by atoms with Crippen LogP contribution in [0.5, 0.6) is 11.5 Å². The first kappa shape index (κ1) is 6.79. The summed E-state index contributed by atoms with van der Waals surface area (Å²) in [5.74, 6) is 2.00. The van der Waals surface area contributed by atoms with E-state index in [0.717, 1.165) is 18.1 Å². The molecule has 1 aromatic rings. The van der Waals surface area contributed by atoms with Crippen molar-refractivity contribution < 1.29 is 9.47 Å². The van der Waals surface area contributed by atoms with E-state index >= 15 is 0 Å². The Morgan fingerprint density at radius 3 is 3.00 bits per heavy atom. The van der Waals surface area contributed by atoms with E-state index in [0.29, 0.717) is 29.1 Å². The fourth-order valence-electron chi connectivity index (χ4n) is 0.990. The molecule has 0 radical (unpaired) electrons. The fourth-order valence-corrected chi connectivity index (χ4v) is 3.84. The van der Waals surface area contributed by atoms with Gasteiger partial charge in [-0.3, -0.25) is 0 Å². The van der Waals surface area contributed by atoms with Crippen molar-refractivity contribution in [2.75, 3.05) is 13.2 Å². The van der Waals surface area contributed by atoms with Gasteiger partial charge in [0, 0.05) is 0 Å². The van der Waals surface area contributed by atoms with Gasteiger partial charge in [-0.05, 0) is 0 Å². The summed E-state index contributed by atoms with van der Waals surface area (Å²) in [6.45, 7) is 1.43. The zero-order valence-electron chi connectivity index (χ0n) is 5.72. The minimum atomic E-state index is 0.555. The molecule has 0 saturated heterocycles. The molecule has 0 amide bonds. The number of hydrogen-bond acceptors (Lipinski definition) is 3. The van der Waals surface area contributed by atoms with Crippen LogP contribution < -0.4 is 12.4 Å². The third kappa shape index (κ3) is 1.01. The Balaban J connectivity index is 2.45. The monoisotopic (exact) mass is 264 g/mol. The van der Waals surface area contributed by atoms with Crippen molar-refractivity contribution >= 4 is 36.8 Å². The molecule has 0 spiro atoms. The van der Waals surface area contributed by atoms with Crippen LogP contribution in [-0.4, -0.2) is 35.7 Å². The molecular formula is C6H8O2SSn. The fraction of sp³-hybridized carbons (Fsp3) is 0.333. The number of fused-ring (bicyclic) bond motifs is 1. The van der Waals surface area contributed by atoms with Crippen molar-refractivity contribution in [2.24, 2.45) is 0 Å². The molecule has 1 aliphatic heterocycles. The van der Waals surface area contributed by atoms with Crippen molar-refractivity contribution in [2.45, 2.75) is 0 Å². The van der Waals surface area contributed by atoms with E-state index in [9.17, 15) is 0 Å². The summed E-state index contributed by atoms with van der Waals surface area (Å²) in [5, 5.41) is 2.04. The molecule has 2 rings (SSSR count). The van der Waals surface area contributed by atoms with E-state index < -0.39 is 0 Å². The number of hydrogen-bond donors (Lipinski definition) is 0. The standard InChI is InChI=1S/C6H5O2S.Sn.3H/c1-2-8-6-4-9-3-5(6)7-1;;;;/h3H,1-2H2;;;;. The zero-order valence-corrected chi connectivity index (χ0v) is 12.2. The van der Waals surface area contributed by atoms with Crippen LogP contribution in [0.25, 0.3) is 0 Å². The number of ether oxygens (including phenoxy) is 2.